The van der Waals surface area contributed by atoms with Gasteiger partial charge in [0.1, 0.15) is 0 Å². The molecule has 0 bridgehead atoms. The maximum Gasteiger partial charge on any atom is 0.0443 e. The molecule has 142 valence electrons. The first-order valence-corrected chi connectivity index (χ1v) is 10.8. The molecule has 0 spiro atoms. The van der Waals surface area contributed by atoms with E-state index in [9.17, 15) is 0 Å². The third kappa shape index (κ3) is 6.86. The minimum Gasteiger partial charge on any atom is -0.341 e. The maximum absolute atomic E-state index is 2.53. The first-order valence-electron chi connectivity index (χ1n) is 10.8. The van der Waals surface area contributed by atoms with Crippen molar-refractivity contribution in [3.63, 3.8) is 0 Å². The smallest absolute Gasteiger partial charge is 0.0443 e. The van der Waals surface area contributed by atoms with Crippen LogP contribution in [0.25, 0.3) is 0 Å². The molecule has 0 aromatic heterocycles. The van der Waals surface area contributed by atoms with Crippen LogP contribution in [0.15, 0.2) is 54.6 Å². The third-order valence-corrected chi connectivity index (χ3v) is 5.14. The summed E-state index contributed by atoms with van der Waals surface area (Å²) >= 11 is 0. The van der Waals surface area contributed by atoms with Crippen LogP contribution in [0.2, 0.25) is 0 Å². The number of para-hydroxylation sites is 2. The van der Waals surface area contributed by atoms with Crippen LogP contribution in [-0.2, 0) is 6.42 Å². The summed E-state index contributed by atoms with van der Waals surface area (Å²) in [6.45, 7) is 5.66. The zero-order valence-corrected chi connectivity index (χ0v) is 16.9. The lowest BCUT2D eigenvalue weighted by Gasteiger charge is -2.27. The molecule has 2 aromatic carbocycles. The Bertz CT molecular complexity index is 590. The van der Waals surface area contributed by atoms with Gasteiger partial charge in [-0.3, -0.25) is 0 Å². The van der Waals surface area contributed by atoms with Gasteiger partial charge in [0.15, 0.2) is 0 Å². The fraction of sp³-hybridized carbons (Fsp3) is 0.520. The van der Waals surface area contributed by atoms with Crippen molar-refractivity contribution >= 4 is 11.4 Å². The van der Waals surface area contributed by atoms with Crippen LogP contribution in [0.4, 0.5) is 11.4 Å². The Labute approximate surface area is 161 Å². The summed E-state index contributed by atoms with van der Waals surface area (Å²) in [5.74, 6) is 0. The molecule has 0 aliphatic heterocycles. The molecule has 0 unspecified atom stereocenters. The molecular formula is C25H37N. The van der Waals surface area contributed by atoms with E-state index in [4.69, 9.17) is 0 Å². The summed E-state index contributed by atoms with van der Waals surface area (Å²) in [5.41, 5.74) is 4.23. The zero-order chi connectivity index (χ0) is 18.5. The monoisotopic (exact) mass is 351 g/mol. The molecule has 2 aromatic rings. The summed E-state index contributed by atoms with van der Waals surface area (Å²) in [4.78, 5) is 2.53. The van der Waals surface area contributed by atoms with Crippen LogP contribution < -0.4 is 4.90 Å². The molecule has 0 atom stereocenters. The van der Waals surface area contributed by atoms with Gasteiger partial charge in [-0.25, -0.2) is 0 Å². The largest absolute Gasteiger partial charge is 0.341 e. The molecule has 0 saturated carbocycles. The van der Waals surface area contributed by atoms with Gasteiger partial charge >= 0.3 is 0 Å². The molecule has 0 saturated heterocycles. The van der Waals surface area contributed by atoms with Crippen molar-refractivity contribution in [3.8, 4) is 0 Å². The van der Waals surface area contributed by atoms with Gasteiger partial charge in [0.25, 0.3) is 0 Å². The van der Waals surface area contributed by atoms with Crippen molar-refractivity contribution in [3.05, 3.63) is 60.2 Å². The minimum atomic E-state index is 1.10. The third-order valence-electron chi connectivity index (χ3n) is 5.14. The van der Waals surface area contributed by atoms with Crippen LogP contribution in [0.5, 0.6) is 0 Å². The van der Waals surface area contributed by atoms with E-state index in [0.717, 1.165) is 6.54 Å². The standard InChI is InChI=1S/C25H37N/c1-3-5-7-8-9-11-17-23-18-14-15-21-25(23)26(22-16-6-4-2)24-19-12-10-13-20-24/h10,12-15,18-21H,3-9,11,16-17,22H2,1-2H3. The van der Waals surface area contributed by atoms with Gasteiger partial charge in [0, 0.05) is 17.9 Å². The predicted molar refractivity (Wildman–Crippen MR) is 116 cm³/mol. The minimum absolute atomic E-state index is 1.10. The Morgan fingerprint density at radius 1 is 0.615 bits per heavy atom. The second-order valence-corrected chi connectivity index (χ2v) is 7.34. The van der Waals surface area contributed by atoms with Crippen molar-refractivity contribution in [2.75, 3.05) is 11.4 Å². The maximum atomic E-state index is 2.53. The van der Waals surface area contributed by atoms with Crippen LogP contribution >= 0.6 is 0 Å². The molecular weight excluding hydrogens is 314 g/mol. The molecule has 1 nitrogen and oxygen atoms in total. The van der Waals surface area contributed by atoms with Gasteiger partial charge in [-0.2, -0.15) is 0 Å². The van der Waals surface area contributed by atoms with Crippen molar-refractivity contribution < 1.29 is 0 Å². The molecule has 0 fully saturated rings. The summed E-state index contributed by atoms with van der Waals surface area (Å²) in [6, 6.07) is 19.9. The Morgan fingerprint density at radius 3 is 2.00 bits per heavy atom. The lowest BCUT2D eigenvalue weighted by atomic mass is 10.0. The quantitative estimate of drug-likeness (QED) is 0.331. The highest BCUT2D eigenvalue weighted by molar-refractivity contribution is 5.66. The fourth-order valence-electron chi connectivity index (χ4n) is 3.60. The second kappa shape index (κ2) is 12.6. The first kappa shape index (κ1) is 20.6. The van der Waals surface area contributed by atoms with Gasteiger partial charge < -0.3 is 4.90 Å². The van der Waals surface area contributed by atoms with E-state index in [-0.39, 0.29) is 0 Å². The van der Waals surface area contributed by atoms with Crippen molar-refractivity contribution in [2.24, 2.45) is 0 Å². The van der Waals surface area contributed by atoms with E-state index in [2.05, 4.69) is 73.3 Å². The van der Waals surface area contributed by atoms with E-state index < -0.39 is 0 Å². The predicted octanol–water partition coefficient (Wildman–Crippen LogP) is 7.92. The van der Waals surface area contributed by atoms with E-state index in [1.165, 1.54) is 81.1 Å². The molecule has 0 aliphatic carbocycles. The number of hydrogen-bond donors (Lipinski definition) is 0. The summed E-state index contributed by atoms with van der Waals surface area (Å²) < 4.78 is 0. The molecule has 1 heteroatoms. The lowest BCUT2D eigenvalue weighted by Crippen LogP contribution is -2.19. The summed E-state index contributed by atoms with van der Waals surface area (Å²) in [5, 5.41) is 0. The van der Waals surface area contributed by atoms with Gasteiger partial charge in [-0.05, 0) is 43.0 Å². The highest BCUT2D eigenvalue weighted by atomic mass is 15.1. The number of benzene rings is 2. The average molecular weight is 352 g/mol. The van der Waals surface area contributed by atoms with Gasteiger partial charge in [-0.1, -0.05) is 95.2 Å². The normalized spacial score (nSPS) is 10.8. The Kier molecular flexibility index (Phi) is 9.94. The molecule has 0 N–H and O–H groups in total. The Hall–Kier alpha value is -1.76. The molecule has 0 radical (unpaired) electrons. The molecule has 26 heavy (non-hydrogen) atoms. The van der Waals surface area contributed by atoms with Crippen molar-refractivity contribution in [1.29, 1.82) is 0 Å². The molecule has 0 aliphatic rings. The van der Waals surface area contributed by atoms with Crippen molar-refractivity contribution in [2.45, 2.75) is 78.1 Å². The topological polar surface area (TPSA) is 3.24 Å². The number of aryl methyl sites for hydroxylation is 1. The van der Waals surface area contributed by atoms with Gasteiger partial charge in [0.2, 0.25) is 0 Å². The van der Waals surface area contributed by atoms with E-state index in [0.29, 0.717) is 0 Å². The molecule has 0 heterocycles. The lowest BCUT2D eigenvalue weighted by molar-refractivity contribution is 0.607. The van der Waals surface area contributed by atoms with E-state index >= 15 is 0 Å². The Morgan fingerprint density at radius 2 is 1.23 bits per heavy atom. The van der Waals surface area contributed by atoms with Crippen LogP contribution in [0.3, 0.4) is 0 Å². The fourth-order valence-corrected chi connectivity index (χ4v) is 3.60. The van der Waals surface area contributed by atoms with Gasteiger partial charge in [-0.15, -0.1) is 0 Å². The van der Waals surface area contributed by atoms with Crippen LogP contribution in [-0.4, -0.2) is 6.54 Å². The highest BCUT2D eigenvalue weighted by Gasteiger charge is 2.12. The summed E-state index contributed by atoms with van der Waals surface area (Å²) in [6.07, 6.45) is 13.2. The SMILES string of the molecule is CCCCCCCCc1ccccc1N(CCCCC)c1ccccc1. The number of unbranched alkanes of at least 4 members (excludes halogenated alkanes) is 7. The molecule has 0 amide bonds. The highest BCUT2D eigenvalue weighted by Crippen LogP contribution is 2.30. The number of rotatable bonds is 13. The number of hydrogen-bond acceptors (Lipinski definition) is 1. The Balaban J connectivity index is 2.06. The van der Waals surface area contributed by atoms with Crippen molar-refractivity contribution in [1.82, 2.24) is 0 Å². The second-order valence-electron chi connectivity index (χ2n) is 7.34. The van der Waals surface area contributed by atoms with Gasteiger partial charge in [0.05, 0.1) is 0 Å². The zero-order valence-electron chi connectivity index (χ0n) is 16.9. The number of anilines is 2. The van der Waals surface area contributed by atoms with Crippen LogP contribution in [0.1, 0.15) is 77.2 Å². The average Bonchev–Trinajstić information content (AvgIpc) is 2.69. The number of nitrogens with zero attached hydrogens (tertiary/aromatic N) is 1. The first-order chi connectivity index (χ1) is 12.9. The molecule has 2 rings (SSSR count). The van der Waals surface area contributed by atoms with E-state index in [1.54, 1.807) is 0 Å². The van der Waals surface area contributed by atoms with E-state index in [1.807, 2.05) is 0 Å². The van der Waals surface area contributed by atoms with Crippen LogP contribution in [0, 0.1) is 0 Å². The summed E-state index contributed by atoms with van der Waals surface area (Å²) in [7, 11) is 0.